The molecule has 0 aromatic carbocycles. The molecule has 13 heteroatoms. The number of sulfonamides is 1. The maximum atomic E-state index is 13.1. The second-order valence-corrected chi connectivity index (χ2v) is 12.6. The van der Waals surface area contributed by atoms with Crippen molar-refractivity contribution >= 4 is 44.9 Å². The summed E-state index contributed by atoms with van der Waals surface area (Å²) < 4.78 is 29.3. The molecule has 176 valence electrons. The smallest absolute Gasteiger partial charge is 0.297 e. The van der Waals surface area contributed by atoms with Gasteiger partial charge in [0.05, 0.1) is 10.6 Å². The Morgan fingerprint density at radius 1 is 1.27 bits per heavy atom. The van der Waals surface area contributed by atoms with E-state index < -0.39 is 15.7 Å². The van der Waals surface area contributed by atoms with Crippen LogP contribution in [-0.4, -0.2) is 57.8 Å². The Hall–Kier alpha value is -1.93. The minimum atomic E-state index is -3.68. The molecular weight excluding hydrogens is 503 g/mol. The topological polar surface area (TPSA) is 118 Å². The van der Waals surface area contributed by atoms with Gasteiger partial charge in [-0.15, -0.1) is 11.3 Å². The summed E-state index contributed by atoms with van der Waals surface area (Å²) >= 11 is 4.26. The molecule has 0 radical (unpaired) electrons. The summed E-state index contributed by atoms with van der Waals surface area (Å²) in [4.78, 5) is 36.1. The number of hydrogen-bond donors (Lipinski definition) is 1. The second-order valence-electron chi connectivity index (χ2n) is 7.37. The maximum absolute atomic E-state index is 13.1. The normalized spacial score (nSPS) is 13.9. The predicted octanol–water partition coefficient (Wildman–Crippen LogP) is 2.28. The van der Waals surface area contributed by atoms with Gasteiger partial charge in [-0.1, -0.05) is 11.8 Å². The monoisotopic (exact) mass is 525 g/mol. The molecule has 33 heavy (non-hydrogen) atoms. The predicted molar refractivity (Wildman–Crippen MR) is 133 cm³/mol. The summed E-state index contributed by atoms with van der Waals surface area (Å²) in [6.07, 6.45) is 4.65. The number of rotatable bonds is 8. The third-order valence-electron chi connectivity index (χ3n) is 5.31. The molecule has 0 unspecified atom stereocenters. The summed E-state index contributed by atoms with van der Waals surface area (Å²) in [7, 11) is -2.14. The van der Waals surface area contributed by atoms with Crippen LogP contribution < -0.4 is 11.2 Å². The first kappa shape index (κ1) is 24.2. The van der Waals surface area contributed by atoms with Crippen LogP contribution in [-0.2, 0) is 28.7 Å². The third-order valence-corrected chi connectivity index (χ3v) is 10.3. The summed E-state index contributed by atoms with van der Waals surface area (Å²) in [6, 6.07) is 5.10. The van der Waals surface area contributed by atoms with Crippen molar-refractivity contribution in [1.29, 1.82) is 0 Å². The zero-order valence-electron chi connectivity index (χ0n) is 18.1. The van der Waals surface area contributed by atoms with E-state index in [4.69, 9.17) is 0 Å². The number of thiophene rings is 1. The van der Waals surface area contributed by atoms with Crippen molar-refractivity contribution in [1.82, 2.24) is 23.8 Å². The minimum Gasteiger partial charge on any atom is -0.297 e. The van der Waals surface area contributed by atoms with Gasteiger partial charge < -0.3 is 0 Å². The molecule has 0 fully saturated rings. The van der Waals surface area contributed by atoms with Crippen molar-refractivity contribution in [3.63, 3.8) is 0 Å². The fraction of sp³-hybridized carbons (Fsp3) is 0.400. The van der Waals surface area contributed by atoms with Crippen LogP contribution in [0.25, 0.3) is 10.6 Å². The van der Waals surface area contributed by atoms with Gasteiger partial charge in [-0.05, 0) is 43.0 Å². The Labute approximate surface area is 203 Å². The van der Waals surface area contributed by atoms with Crippen LogP contribution in [0.4, 0.5) is 0 Å². The first-order valence-corrected chi connectivity index (χ1v) is 14.8. The van der Waals surface area contributed by atoms with Gasteiger partial charge in [0, 0.05) is 43.3 Å². The van der Waals surface area contributed by atoms with Gasteiger partial charge in [0.25, 0.3) is 15.6 Å². The van der Waals surface area contributed by atoms with Gasteiger partial charge in [0.2, 0.25) is 0 Å². The van der Waals surface area contributed by atoms with Gasteiger partial charge in [0.15, 0.2) is 5.16 Å². The number of hydrogen-bond acceptors (Lipinski definition) is 9. The van der Waals surface area contributed by atoms with Crippen LogP contribution in [0.5, 0.6) is 0 Å². The SMILES string of the molecule is CSc1nccc(-c2ccc(S(=O)(=O)N(C)CCCn3c4c(c(=O)[nH]c3=O)CSCC4)s2)n1. The molecule has 0 aliphatic carbocycles. The van der Waals surface area contributed by atoms with Crippen molar-refractivity contribution in [2.75, 3.05) is 25.6 Å². The fourth-order valence-electron chi connectivity index (χ4n) is 3.57. The Balaban J connectivity index is 1.46. The first-order chi connectivity index (χ1) is 15.8. The largest absolute Gasteiger partial charge is 0.328 e. The molecular formula is C20H23N5O4S4. The van der Waals surface area contributed by atoms with Crippen LogP contribution in [0.15, 0.2) is 43.4 Å². The lowest BCUT2D eigenvalue weighted by Gasteiger charge is -2.21. The molecule has 1 N–H and O–H groups in total. The van der Waals surface area contributed by atoms with Crippen molar-refractivity contribution in [2.45, 2.75) is 34.5 Å². The molecule has 0 atom stereocenters. The Kier molecular flexibility index (Phi) is 7.43. The lowest BCUT2D eigenvalue weighted by atomic mass is 10.2. The molecule has 9 nitrogen and oxygen atoms in total. The summed E-state index contributed by atoms with van der Waals surface area (Å²) in [6.45, 7) is 0.589. The van der Waals surface area contributed by atoms with Crippen molar-refractivity contribution < 1.29 is 8.42 Å². The van der Waals surface area contributed by atoms with Gasteiger partial charge >= 0.3 is 5.69 Å². The second kappa shape index (κ2) is 10.1. The number of thioether (sulfide) groups is 2. The number of nitrogens with one attached hydrogen (secondary N) is 1. The molecule has 0 saturated heterocycles. The minimum absolute atomic E-state index is 0.236. The van der Waals surface area contributed by atoms with E-state index in [9.17, 15) is 18.0 Å². The van der Waals surface area contributed by atoms with E-state index in [1.165, 1.54) is 34.5 Å². The lowest BCUT2D eigenvalue weighted by molar-refractivity contribution is 0.440. The first-order valence-electron chi connectivity index (χ1n) is 10.2. The van der Waals surface area contributed by atoms with E-state index in [2.05, 4.69) is 15.0 Å². The average molecular weight is 526 g/mol. The molecule has 1 aliphatic rings. The number of aromatic nitrogens is 4. The molecule has 3 aromatic heterocycles. The zero-order chi connectivity index (χ0) is 23.6. The molecule has 1 aliphatic heterocycles. The summed E-state index contributed by atoms with van der Waals surface area (Å²) in [5, 5.41) is 0.626. The highest BCUT2D eigenvalue weighted by molar-refractivity contribution is 7.98. The van der Waals surface area contributed by atoms with Gasteiger partial charge in [0.1, 0.15) is 4.21 Å². The van der Waals surface area contributed by atoms with Crippen molar-refractivity contribution in [3.8, 4) is 10.6 Å². The molecule has 3 aromatic rings. The quantitative estimate of drug-likeness (QED) is 0.352. The molecule has 0 saturated carbocycles. The fourth-order valence-corrected chi connectivity index (χ4v) is 7.60. The molecule has 4 rings (SSSR count). The third kappa shape index (κ3) is 5.11. The summed E-state index contributed by atoms with van der Waals surface area (Å²) in [5.74, 6) is 1.44. The van der Waals surface area contributed by atoms with Crippen molar-refractivity contribution in [2.24, 2.45) is 0 Å². The zero-order valence-corrected chi connectivity index (χ0v) is 21.4. The number of aromatic amines is 1. The average Bonchev–Trinajstić information content (AvgIpc) is 3.32. The Morgan fingerprint density at radius 2 is 2.09 bits per heavy atom. The lowest BCUT2D eigenvalue weighted by Crippen LogP contribution is -2.37. The maximum Gasteiger partial charge on any atom is 0.328 e. The van der Waals surface area contributed by atoms with E-state index in [1.807, 2.05) is 6.26 Å². The highest BCUT2D eigenvalue weighted by atomic mass is 32.2. The molecule has 0 amide bonds. The Morgan fingerprint density at radius 3 is 2.88 bits per heavy atom. The van der Waals surface area contributed by atoms with Crippen LogP contribution in [0.2, 0.25) is 0 Å². The van der Waals surface area contributed by atoms with E-state index in [-0.39, 0.29) is 16.3 Å². The molecule has 0 spiro atoms. The highest BCUT2D eigenvalue weighted by Gasteiger charge is 2.24. The van der Waals surface area contributed by atoms with Crippen LogP contribution in [0.1, 0.15) is 17.7 Å². The van der Waals surface area contributed by atoms with Crippen LogP contribution in [0.3, 0.4) is 0 Å². The van der Waals surface area contributed by atoms with Crippen molar-refractivity contribution in [3.05, 3.63) is 56.5 Å². The van der Waals surface area contributed by atoms with Gasteiger partial charge in [-0.2, -0.15) is 11.8 Å². The van der Waals surface area contributed by atoms with E-state index >= 15 is 0 Å². The van der Waals surface area contributed by atoms with Crippen LogP contribution in [0, 0.1) is 0 Å². The number of fused-ring (bicyclic) bond motifs is 1. The standard InChI is InChI=1S/C20H23N5O4S4/c1-24(9-3-10-25-15-7-11-31-12-13(15)18(26)23-20(25)27)33(28,29)17-5-4-16(32-17)14-6-8-21-19(22-14)30-2/h4-6,8H,3,7,9-12H2,1-2H3,(H,23,26,27). The summed E-state index contributed by atoms with van der Waals surface area (Å²) in [5.41, 5.74) is 1.34. The van der Waals surface area contributed by atoms with Gasteiger partial charge in [-0.25, -0.2) is 27.5 Å². The van der Waals surface area contributed by atoms with E-state index in [1.54, 1.807) is 40.7 Å². The van der Waals surface area contributed by atoms with Crippen LogP contribution >= 0.6 is 34.9 Å². The number of H-pyrrole nitrogens is 1. The highest BCUT2D eigenvalue weighted by Crippen LogP contribution is 2.31. The van der Waals surface area contributed by atoms with E-state index in [0.717, 1.165) is 16.3 Å². The number of nitrogens with zero attached hydrogens (tertiary/aromatic N) is 4. The molecule has 0 bridgehead atoms. The van der Waals surface area contributed by atoms with Gasteiger partial charge in [-0.3, -0.25) is 14.3 Å². The Bertz CT molecular complexity index is 1380. The van der Waals surface area contributed by atoms with E-state index in [0.29, 0.717) is 41.6 Å². The molecule has 4 heterocycles.